The fourth-order valence-electron chi connectivity index (χ4n) is 4.38. The van der Waals surface area contributed by atoms with Crippen LogP contribution in [0.25, 0.3) is 0 Å². The zero-order valence-electron chi connectivity index (χ0n) is 17.8. The van der Waals surface area contributed by atoms with Gasteiger partial charge in [-0.25, -0.2) is 0 Å². The second kappa shape index (κ2) is 7.68. The molecule has 0 bridgehead atoms. The molecule has 0 heterocycles. The molecule has 0 fully saturated rings. The van der Waals surface area contributed by atoms with Crippen LogP contribution < -0.4 is 10.1 Å². The predicted octanol–water partition coefficient (Wildman–Crippen LogP) is 0.645. The first kappa shape index (κ1) is 22.4. The molecular weight excluding hydrogens is 434 g/mol. The Morgan fingerprint density at radius 1 is 1.09 bits per heavy atom. The van der Waals surface area contributed by atoms with Gasteiger partial charge in [0.05, 0.1) is 22.8 Å². The lowest BCUT2D eigenvalue weighted by atomic mass is 9.72. The van der Waals surface area contributed by atoms with Crippen molar-refractivity contribution in [2.75, 3.05) is 6.73 Å². The van der Waals surface area contributed by atoms with Crippen molar-refractivity contribution in [2.24, 2.45) is 0 Å². The van der Waals surface area contributed by atoms with E-state index in [1.165, 1.54) is 25.1 Å². The Labute approximate surface area is 187 Å². The minimum Gasteiger partial charge on any atom is -0.507 e. The van der Waals surface area contributed by atoms with Crippen LogP contribution in [0, 0.1) is 0 Å². The summed E-state index contributed by atoms with van der Waals surface area (Å²) >= 11 is 0. The second-order valence-corrected chi connectivity index (χ2v) is 8.18. The van der Waals surface area contributed by atoms with Gasteiger partial charge in [0.2, 0.25) is 11.7 Å². The summed E-state index contributed by atoms with van der Waals surface area (Å²) in [5.41, 5.74) is -3.66. The number of hydrogen-bond acceptors (Lipinski definition) is 9. The van der Waals surface area contributed by atoms with Crippen molar-refractivity contribution < 1.29 is 44.3 Å². The van der Waals surface area contributed by atoms with Crippen molar-refractivity contribution in [1.29, 1.82) is 0 Å². The molecule has 2 unspecified atom stereocenters. The first-order valence-corrected chi connectivity index (χ1v) is 10.1. The van der Waals surface area contributed by atoms with Gasteiger partial charge in [-0.05, 0) is 13.0 Å². The Kier molecular flexibility index (Phi) is 5.22. The zero-order chi connectivity index (χ0) is 24.2. The number of carbonyl (C=O) groups excluding carboxylic acids is 4. The number of amides is 1. The SMILES string of the molecule is CC(=O)NCOc1cccc2c1C(=O)c1c(O)c3c(c(O)c1C2=O)CC(O)(C(C)=O)CC3O. The number of hydrogen-bond donors (Lipinski definition) is 5. The summed E-state index contributed by atoms with van der Waals surface area (Å²) in [5, 5.41) is 45.5. The summed E-state index contributed by atoms with van der Waals surface area (Å²) in [6.07, 6.45) is -2.48. The number of aromatic hydroxyl groups is 2. The number of Topliss-reactive ketones (excluding diaryl/α,β-unsaturated/α-hetero) is 1. The maximum atomic E-state index is 13.4. The average Bonchev–Trinajstić information content (AvgIpc) is 2.73. The van der Waals surface area contributed by atoms with Crippen molar-refractivity contribution in [1.82, 2.24) is 5.32 Å². The maximum Gasteiger partial charge on any atom is 0.219 e. The quantitative estimate of drug-likeness (QED) is 0.280. The third-order valence-corrected chi connectivity index (χ3v) is 6.08. The first-order valence-electron chi connectivity index (χ1n) is 10.1. The number of ketones is 3. The highest BCUT2D eigenvalue weighted by molar-refractivity contribution is 6.31. The lowest BCUT2D eigenvalue weighted by Gasteiger charge is -2.36. The molecule has 4 rings (SSSR count). The Bertz CT molecular complexity index is 1250. The highest BCUT2D eigenvalue weighted by Crippen LogP contribution is 2.50. The number of phenolic OH excluding ortho intramolecular Hbond substituents is 2. The lowest BCUT2D eigenvalue weighted by molar-refractivity contribution is -0.139. The van der Waals surface area contributed by atoms with E-state index in [1.807, 2.05) is 0 Å². The summed E-state index contributed by atoms with van der Waals surface area (Å²) in [6, 6.07) is 4.21. The molecule has 2 aliphatic rings. The van der Waals surface area contributed by atoms with E-state index in [1.54, 1.807) is 0 Å². The van der Waals surface area contributed by atoms with Gasteiger partial charge < -0.3 is 30.5 Å². The van der Waals surface area contributed by atoms with Crippen LogP contribution in [0.5, 0.6) is 17.2 Å². The standard InChI is InChI=1S/C23H21NO9/c1-9(25)23(32)6-12-15(13(27)7-23)21(30)18-17(20(12)29)19(28)11-4-3-5-14(16(11)22(18)31)33-8-24-10(2)26/h3-5,13,27,29-30,32H,6-8H2,1-2H3,(H,24,26). The fourth-order valence-corrected chi connectivity index (χ4v) is 4.38. The van der Waals surface area contributed by atoms with Crippen LogP contribution in [0.15, 0.2) is 18.2 Å². The average molecular weight is 455 g/mol. The largest absolute Gasteiger partial charge is 0.507 e. The first-order chi connectivity index (χ1) is 15.5. The van der Waals surface area contributed by atoms with Gasteiger partial charge in [-0.1, -0.05) is 12.1 Å². The van der Waals surface area contributed by atoms with E-state index in [9.17, 15) is 39.6 Å². The smallest absolute Gasteiger partial charge is 0.219 e. The summed E-state index contributed by atoms with van der Waals surface area (Å²) in [4.78, 5) is 49.7. The van der Waals surface area contributed by atoms with Crippen molar-refractivity contribution >= 4 is 23.3 Å². The number of aliphatic hydroxyl groups is 2. The van der Waals surface area contributed by atoms with Crippen LogP contribution in [0.4, 0.5) is 0 Å². The molecular formula is C23H21NO9. The minimum absolute atomic E-state index is 0.0200. The highest BCUT2D eigenvalue weighted by Gasteiger charge is 2.47. The van der Waals surface area contributed by atoms with E-state index in [2.05, 4.69) is 5.32 Å². The Morgan fingerprint density at radius 3 is 2.39 bits per heavy atom. The number of rotatable bonds is 4. The summed E-state index contributed by atoms with van der Waals surface area (Å²) in [5.74, 6) is -4.06. The van der Waals surface area contributed by atoms with Crippen molar-refractivity contribution in [2.45, 2.75) is 38.4 Å². The van der Waals surface area contributed by atoms with E-state index in [0.717, 1.165) is 6.92 Å². The number of fused-ring (bicyclic) bond motifs is 3. The molecule has 5 N–H and O–H groups in total. The Morgan fingerprint density at radius 2 is 1.76 bits per heavy atom. The molecule has 0 aliphatic heterocycles. The summed E-state index contributed by atoms with van der Waals surface area (Å²) in [7, 11) is 0. The van der Waals surface area contributed by atoms with Crippen LogP contribution in [0.3, 0.4) is 0 Å². The van der Waals surface area contributed by atoms with Gasteiger partial charge in [0, 0.05) is 36.5 Å². The maximum absolute atomic E-state index is 13.4. The zero-order valence-corrected chi connectivity index (χ0v) is 17.8. The van der Waals surface area contributed by atoms with Gasteiger partial charge in [-0.15, -0.1) is 0 Å². The van der Waals surface area contributed by atoms with E-state index >= 15 is 0 Å². The number of aliphatic hydroxyl groups excluding tert-OH is 1. The number of benzene rings is 2. The normalized spacial score (nSPS) is 21.0. The molecule has 2 aromatic carbocycles. The molecule has 2 aromatic rings. The lowest BCUT2D eigenvalue weighted by Crippen LogP contribution is -2.44. The topological polar surface area (TPSA) is 170 Å². The third-order valence-electron chi connectivity index (χ3n) is 6.08. The van der Waals surface area contributed by atoms with E-state index < -0.39 is 64.5 Å². The van der Waals surface area contributed by atoms with Gasteiger partial charge in [0.25, 0.3) is 0 Å². The number of carbonyl (C=O) groups is 4. The van der Waals surface area contributed by atoms with Crippen LogP contribution >= 0.6 is 0 Å². The van der Waals surface area contributed by atoms with Crippen LogP contribution in [0.2, 0.25) is 0 Å². The molecule has 172 valence electrons. The molecule has 10 heteroatoms. The van der Waals surface area contributed by atoms with Crippen LogP contribution in [-0.2, 0) is 16.0 Å². The van der Waals surface area contributed by atoms with Crippen molar-refractivity contribution in [3.63, 3.8) is 0 Å². The third kappa shape index (κ3) is 3.35. The molecule has 0 radical (unpaired) electrons. The van der Waals surface area contributed by atoms with E-state index in [-0.39, 0.29) is 40.6 Å². The fraction of sp³-hybridized carbons (Fsp3) is 0.304. The Balaban J connectivity index is 1.90. The van der Waals surface area contributed by atoms with Crippen LogP contribution in [0.1, 0.15) is 69.3 Å². The molecule has 0 spiro atoms. The molecule has 2 aliphatic carbocycles. The van der Waals surface area contributed by atoms with Gasteiger partial charge in [0.1, 0.15) is 22.8 Å². The van der Waals surface area contributed by atoms with E-state index in [0.29, 0.717) is 0 Å². The molecule has 0 saturated carbocycles. The van der Waals surface area contributed by atoms with Gasteiger partial charge in [0.15, 0.2) is 18.3 Å². The van der Waals surface area contributed by atoms with E-state index in [4.69, 9.17) is 4.74 Å². The number of nitrogens with one attached hydrogen (secondary N) is 1. The number of ether oxygens (including phenoxy) is 1. The molecule has 0 saturated heterocycles. The summed E-state index contributed by atoms with van der Waals surface area (Å²) < 4.78 is 5.44. The van der Waals surface area contributed by atoms with Crippen LogP contribution in [-0.4, -0.2) is 56.0 Å². The van der Waals surface area contributed by atoms with Crippen molar-refractivity contribution in [3.8, 4) is 17.2 Å². The van der Waals surface area contributed by atoms with Gasteiger partial charge >= 0.3 is 0 Å². The highest BCUT2D eigenvalue weighted by atomic mass is 16.5. The minimum atomic E-state index is -2.01. The molecule has 1 amide bonds. The molecule has 33 heavy (non-hydrogen) atoms. The second-order valence-electron chi connectivity index (χ2n) is 8.18. The molecule has 0 aromatic heterocycles. The monoisotopic (exact) mass is 455 g/mol. The van der Waals surface area contributed by atoms with Crippen molar-refractivity contribution in [3.05, 3.63) is 51.6 Å². The Hall–Kier alpha value is -3.76. The predicted molar refractivity (Wildman–Crippen MR) is 111 cm³/mol. The summed E-state index contributed by atoms with van der Waals surface area (Å²) in [6.45, 7) is 2.13. The number of phenols is 2. The van der Waals surface area contributed by atoms with Gasteiger partial charge in [-0.3, -0.25) is 19.2 Å². The van der Waals surface area contributed by atoms with Gasteiger partial charge in [-0.2, -0.15) is 0 Å². The molecule has 2 atom stereocenters. The molecule has 10 nitrogen and oxygen atoms in total.